The van der Waals surface area contributed by atoms with Crippen molar-refractivity contribution in [3.05, 3.63) is 47.1 Å². The number of carbonyl (C=O) groups excluding carboxylic acids is 1. The van der Waals surface area contributed by atoms with Crippen molar-refractivity contribution in [3.8, 4) is 0 Å². The largest absolute Gasteiger partial charge is 0.339 e. The van der Waals surface area contributed by atoms with E-state index >= 15 is 0 Å². The number of halogens is 5. The molecule has 1 aromatic heterocycles. The lowest BCUT2D eigenvalue weighted by atomic mass is 9.74. The molecule has 1 saturated carbocycles. The second-order valence-electron chi connectivity index (χ2n) is 9.37. The van der Waals surface area contributed by atoms with Crippen molar-refractivity contribution < 1.29 is 26.4 Å². The van der Waals surface area contributed by atoms with Crippen LogP contribution in [-0.2, 0) is 17.1 Å². The fourth-order valence-electron chi connectivity index (χ4n) is 5.10. The normalized spacial score (nSPS) is 20.6. The molecular weight excluding hydrogens is 540 g/mol. The number of imidazole rings is 1. The number of nitrogens with zero attached hydrogens (tertiary/aromatic N) is 4. The van der Waals surface area contributed by atoms with E-state index in [0.717, 1.165) is 6.07 Å². The Labute approximate surface area is 220 Å². The van der Waals surface area contributed by atoms with E-state index in [1.807, 2.05) is 4.90 Å². The smallest absolute Gasteiger partial charge is 0.262 e. The molecule has 200 valence electrons. The van der Waals surface area contributed by atoms with Crippen LogP contribution < -0.4 is 0 Å². The van der Waals surface area contributed by atoms with Crippen LogP contribution >= 0.6 is 24.0 Å². The summed E-state index contributed by atoms with van der Waals surface area (Å²) in [5.74, 6) is -3.95. The molecule has 1 aliphatic heterocycles. The van der Waals surface area contributed by atoms with Gasteiger partial charge in [-0.1, -0.05) is 17.7 Å². The summed E-state index contributed by atoms with van der Waals surface area (Å²) in [5.41, 5.74) is -0.882. The van der Waals surface area contributed by atoms with Gasteiger partial charge in [-0.3, -0.25) is 9.69 Å². The van der Waals surface area contributed by atoms with Gasteiger partial charge >= 0.3 is 0 Å². The van der Waals surface area contributed by atoms with Gasteiger partial charge in [-0.2, -0.15) is 4.31 Å². The van der Waals surface area contributed by atoms with Gasteiger partial charge in [0.2, 0.25) is 5.92 Å². The molecule has 0 amide bonds. The maximum absolute atomic E-state index is 14.2. The molecule has 0 radical (unpaired) electrons. The molecule has 0 unspecified atom stereocenters. The van der Waals surface area contributed by atoms with Crippen LogP contribution in [0.25, 0.3) is 0 Å². The van der Waals surface area contributed by atoms with E-state index in [1.54, 1.807) is 11.6 Å². The maximum atomic E-state index is 14.2. The number of hydrogen-bond donors (Lipinski definition) is 0. The third kappa shape index (κ3) is 5.91. The lowest BCUT2D eigenvalue weighted by Gasteiger charge is -2.50. The van der Waals surface area contributed by atoms with Crippen molar-refractivity contribution in [2.75, 3.05) is 26.2 Å². The van der Waals surface area contributed by atoms with Crippen LogP contribution in [0, 0.1) is 5.82 Å². The van der Waals surface area contributed by atoms with Crippen LogP contribution in [0.5, 0.6) is 0 Å². The molecule has 1 aliphatic carbocycles. The van der Waals surface area contributed by atoms with Crippen LogP contribution in [0.4, 0.5) is 13.2 Å². The standard InChI is InChI=1S/C23H28ClF3N4O3S.ClH/c1-29-15-20(28-16-29)35(33,34)31-13-11-30(12-14-31)22(7-9-23(26,27)10-8-22)6-5-19(32)21-17(24)3-2-4-18(21)25;/h2-4,15-16H,5-14H2,1H3;1H. The lowest BCUT2D eigenvalue weighted by molar-refractivity contribution is -0.0891. The summed E-state index contributed by atoms with van der Waals surface area (Å²) in [6.45, 7) is 1.05. The van der Waals surface area contributed by atoms with Gasteiger partial charge in [0, 0.05) is 64.2 Å². The predicted molar refractivity (Wildman–Crippen MR) is 132 cm³/mol. The monoisotopic (exact) mass is 568 g/mol. The van der Waals surface area contributed by atoms with E-state index in [0.29, 0.717) is 13.1 Å². The summed E-state index contributed by atoms with van der Waals surface area (Å²) in [6.07, 6.45) is 2.79. The zero-order chi connectivity index (χ0) is 25.4. The van der Waals surface area contributed by atoms with Crippen molar-refractivity contribution in [2.24, 2.45) is 7.05 Å². The minimum absolute atomic E-state index is 0. The first-order valence-electron chi connectivity index (χ1n) is 11.5. The highest BCUT2D eigenvalue weighted by molar-refractivity contribution is 7.89. The van der Waals surface area contributed by atoms with Crippen LogP contribution in [0.1, 0.15) is 48.9 Å². The van der Waals surface area contributed by atoms with Crippen LogP contribution in [0.15, 0.2) is 35.7 Å². The summed E-state index contributed by atoms with van der Waals surface area (Å²) < 4.78 is 71.1. The Morgan fingerprint density at radius 2 is 1.75 bits per heavy atom. The van der Waals surface area contributed by atoms with Crippen LogP contribution in [-0.4, -0.2) is 70.6 Å². The van der Waals surface area contributed by atoms with Crippen molar-refractivity contribution in [1.29, 1.82) is 0 Å². The van der Waals surface area contributed by atoms with Crippen molar-refractivity contribution >= 4 is 39.8 Å². The number of carbonyl (C=O) groups is 1. The van der Waals surface area contributed by atoms with Crippen molar-refractivity contribution in [3.63, 3.8) is 0 Å². The molecule has 0 atom stereocenters. The number of benzene rings is 1. The Balaban J connectivity index is 0.00000361. The molecule has 2 aromatic rings. The number of alkyl halides is 2. The van der Waals surface area contributed by atoms with Gasteiger partial charge in [0.15, 0.2) is 10.8 Å². The Morgan fingerprint density at radius 3 is 2.31 bits per heavy atom. The van der Waals surface area contributed by atoms with Gasteiger partial charge in [-0.25, -0.2) is 26.6 Å². The lowest BCUT2D eigenvalue weighted by Crippen LogP contribution is -2.59. The second-order valence-corrected chi connectivity index (χ2v) is 11.7. The number of ketones is 1. The summed E-state index contributed by atoms with van der Waals surface area (Å²) in [6, 6.07) is 4.02. The SMILES string of the molecule is Cl.Cn1cnc(S(=O)(=O)N2CCN(C3(CCC(=O)c4c(F)cccc4Cl)CCC(F)(F)CC3)CC2)c1. The highest BCUT2D eigenvalue weighted by atomic mass is 35.5. The van der Waals surface area contributed by atoms with Gasteiger partial charge in [0.1, 0.15) is 5.82 Å². The van der Waals surface area contributed by atoms with Crippen LogP contribution in [0.3, 0.4) is 0 Å². The Bertz CT molecular complexity index is 1170. The first-order valence-corrected chi connectivity index (χ1v) is 13.3. The maximum Gasteiger partial charge on any atom is 0.262 e. The van der Waals surface area contributed by atoms with E-state index in [-0.39, 0.29) is 79.6 Å². The molecule has 36 heavy (non-hydrogen) atoms. The zero-order valence-electron chi connectivity index (χ0n) is 19.8. The van der Waals surface area contributed by atoms with Gasteiger partial charge in [0.05, 0.1) is 16.9 Å². The zero-order valence-corrected chi connectivity index (χ0v) is 22.2. The Hall–Kier alpha value is -1.66. The average molecular weight is 569 g/mol. The van der Waals surface area contributed by atoms with E-state index < -0.39 is 33.1 Å². The minimum Gasteiger partial charge on any atom is -0.339 e. The molecule has 1 aromatic carbocycles. The molecule has 1 saturated heterocycles. The van der Waals surface area contributed by atoms with E-state index in [4.69, 9.17) is 11.6 Å². The Morgan fingerprint density at radius 1 is 1.11 bits per heavy atom. The molecule has 7 nitrogen and oxygen atoms in total. The van der Waals surface area contributed by atoms with E-state index in [9.17, 15) is 26.4 Å². The second kappa shape index (κ2) is 11.0. The number of aryl methyl sites for hydroxylation is 1. The highest BCUT2D eigenvalue weighted by Crippen LogP contribution is 2.44. The number of rotatable bonds is 7. The fourth-order valence-corrected chi connectivity index (χ4v) is 6.75. The number of aromatic nitrogens is 2. The summed E-state index contributed by atoms with van der Waals surface area (Å²) in [7, 11) is -2.08. The molecule has 2 fully saturated rings. The minimum atomic E-state index is -3.76. The third-order valence-corrected chi connectivity index (χ3v) is 9.27. The number of Topliss-reactive ketones (excluding diaryl/α,β-unsaturated/α-hetero) is 1. The molecule has 4 rings (SSSR count). The average Bonchev–Trinajstić information content (AvgIpc) is 3.26. The highest BCUT2D eigenvalue weighted by Gasteiger charge is 2.47. The fraction of sp³-hybridized carbons (Fsp3) is 0.565. The molecule has 0 bridgehead atoms. The summed E-state index contributed by atoms with van der Waals surface area (Å²) in [5, 5.41) is -0.0135. The molecule has 2 aliphatic rings. The summed E-state index contributed by atoms with van der Waals surface area (Å²) >= 11 is 6.04. The molecule has 2 heterocycles. The molecule has 0 spiro atoms. The first-order chi connectivity index (χ1) is 16.4. The first kappa shape index (κ1) is 28.9. The molecule has 13 heteroatoms. The van der Waals surface area contributed by atoms with Gasteiger partial charge < -0.3 is 4.57 Å². The van der Waals surface area contributed by atoms with Gasteiger partial charge in [-0.05, 0) is 31.4 Å². The van der Waals surface area contributed by atoms with Gasteiger partial charge in [0.25, 0.3) is 10.0 Å². The van der Waals surface area contributed by atoms with Crippen molar-refractivity contribution in [2.45, 2.75) is 55.0 Å². The van der Waals surface area contributed by atoms with E-state index in [1.165, 1.54) is 29.0 Å². The topological polar surface area (TPSA) is 75.5 Å². The molecule has 0 N–H and O–H groups in total. The quantitative estimate of drug-likeness (QED) is 0.458. The van der Waals surface area contributed by atoms with E-state index in [2.05, 4.69) is 4.98 Å². The summed E-state index contributed by atoms with van der Waals surface area (Å²) in [4.78, 5) is 18.8. The molecular formula is C23H29Cl2F3N4O3S. The Kier molecular flexibility index (Phi) is 8.82. The number of piperazine rings is 1. The predicted octanol–water partition coefficient (Wildman–Crippen LogP) is 4.55. The van der Waals surface area contributed by atoms with Gasteiger partial charge in [-0.15, -0.1) is 12.4 Å². The number of hydrogen-bond acceptors (Lipinski definition) is 5. The van der Waals surface area contributed by atoms with Crippen LogP contribution in [0.2, 0.25) is 5.02 Å². The number of sulfonamides is 1. The third-order valence-electron chi connectivity index (χ3n) is 7.17. The van der Waals surface area contributed by atoms with Crippen molar-refractivity contribution in [1.82, 2.24) is 18.8 Å².